The lowest BCUT2D eigenvalue weighted by Gasteiger charge is -2.28. The summed E-state index contributed by atoms with van der Waals surface area (Å²) in [4.78, 5) is 30.8. The van der Waals surface area contributed by atoms with Gasteiger partial charge in [-0.05, 0) is 5.41 Å². The zero-order chi connectivity index (χ0) is 15.1. The lowest BCUT2D eigenvalue weighted by molar-refractivity contribution is -0.141. The predicted octanol–water partition coefficient (Wildman–Crippen LogP) is 1.16. The first-order valence-corrected chi connectivity index (χ1v) is 6.48. The number of rotatable bonds is 3. The van der Waals surface area contributed by atoms with Crippen molar-refractivity contribution in [2.75, 3.05) is 18.0 Å². The summed E-state index contributed by atoms with van der Waals surface area (Å²) in [6.45, 7) is 6.48. The van der Waals surface area contributed by atoms with E-state index in [2.05, 4.69) is 4.98 Å². The van der Waals surface area contributed by atoms with Crippen LogP contribution in [-0.4, -0.2) is 50.7 Å². The van der Waals surface area contributed by atoms with Crippen LogP contribution in [0.2, 0.25) is 0 Å². The summed E-state index contributed by atoms with van der Waals surface area (Å²) in [5.74, 6) is -0.370. The van der Waals surface area contributed by atoms with Crippen LogP contribution in [0.4, 0.5) is 10.6 Å². The Morgan fingerprint density at radius 2 is 2.15 bits per heavy atom. The van der Waals surface area contributed by atoms with Gasteiger partial charge in [-0.1, -0.05) is 20.8 Å². The molecule has 1 N–H and O–H groups in total. The smallest absolute Gasteiger partial charge is 0.328 e. The van der Waals surface area contributed by atoms with E-state index >= 15 is 0 Å². The second-order valence-electron chi connectivity index (χ2n) is 6.30. The minimum atomic E-state index is -0.979. The fourth-order valence-electron chi connectivity index (χ4n) is 2.34. The van der Waals surface area contributed by atoms with Crippen molar-refractivity contribution < 1.29 is 14.7 Å². The number of aryl methyl sites for hydroxylation is 1. The third-order valence-electron chi connectivity index (χ3n) is 3.21. The molecule has 7 heteroatoms. The number of carboxylic acid groups (broad SMARTS) is 1. The van der Waals surface area contributed by atoms with E-state index in [0.29, 0.717) is 12.4 Å². The van der Waals surface area contributed by atoms with Crippen molar-refractivity contribution in [2.24, 2.45) is 12.5 Å². The summed E-state index contributed by atoms with van der Waals surface area (Å²) < 4.78 is 1.71. The lowest BCUT2D eigenvalue weighted by Crippen LogP contribution is -2.44. The summed E-state index contributed by atoms with van der Waals surface area (Å²) in [7, 11) is 1.78. The highest BCUT2D eigenvalue weighted by Gasteiger charge is 2.44. The zero-order valence-electron chi connectivity index (χ0n) is 12.2. The van der Waals surface area contributed by atoms with Crippen LogP contribution in [0.1, 0.15) is 20.8 Å². The summed E-state index contributed by atoms with van der Waals surface area (Å²) in [6, 6.07) is -1.10. The maximum absolute atomic E-state index is 12.5. The van der Waals surface area contributed by atoms with E-state index in [4.69, 9.17) is 0 Å². The fraction of sp³-hybridized carbons (Fsp3) is 0.615. The Balaban J connectivity index is 2.30. The molecule has 20 heavy (non-hydrogen) atoms. The van der Waals surface area contributed by atoms with Crippen molar-refractivity contribution in [3.05, 3.63) is 12.5 Å². The molecule has 1 atom stereocenters. The number of aliphatic carboxylic acids is 1. The van der Waals surface area contributed by atoms with E-state index in [9.17, 15) is 14.7 Å². The number of hydrogen-bond donors (Lipinski definition) is 1. The summed E-state index contributed by atoms with van der Waals surface area (Å²) in [5, 5.41) is 9.34. The van der Waals surface area contributed by atoms with E-state index in [-0.39, 0.29) is 18.0 Å². The van der Waals surface area contributed by atoms with Gasteiger partial charge >= 0.3 is 12.0 Å². The van der Waals surface area contributed by atoms with Crippen LogP contribution in [0.5, 0.6) is 0 Å². The summed E-state index contributed by atoms with van der Waals surface area (Å²) >= 11 is 0. The number of carbonyl (C=O) groups excluding carboxylic acids is 1. The molecule has 0 aromatic carbocycles. The molecule has 0 aliphatic carbocycles. The zero-order valence-corrected chi connectivity index (χ0v) is 12.2. The van der Waals surface area contributed by atoms with Crippen LogP contribution in [0, 0.1) is 5.41 Å². The Morgan fingerprint density at radius 3 is 2.60 bits per heavy atom. The molecule has 1 aliphatic heterocycles. The molecule has 1 aromatic heterocycles. The molecule has 0 unspecified atom stereocenters. The minimum Gasteiger partial charge on any atom is -0.480 e. The van der Waals surface area contributed by atoms with Crippen molar-refractivity contribution in [1.29, 1.82) is 0 Å². The minimum absolute atomic E-state index is 0.143. The Bertz CT molecular complexity index is 532. The second kappa shape index (κ2) is 4.81. The molecule has 1 saturated heterocycles. The molecule has 1 fully saturated rings. The van der Waals surface area contributed by atoms with Crippen LogP contribution < -0.4 is 4.90 Å². The highest BCUT2D eigenvalue weighted by molar-refractivity contribution is 5.98. The van der Waals surface area contributed by atoms with Crippen LogP contribution in [0.15, 0.2) is 12.5 Å². The van der Waals surface area contributed by atoms with Gasteiger partial charge in [0.15, 0.2) is 0 Å². The first kappa shape index (κ1) is 14.4. The largest absolute Gasteiger partial charge is 0.480 e. The van der Waals surface area contributed by atoms with Gasteiger partial charge in [0, 0.05) is 13.6 Å². The molecule has 2 amide bonds. The van der Waals surface area contributed by atoms with Crippen LogP contribution >= 0.6 is 0 Å². The number of aromatic nitrogens is 2. The molecule has 0 bridgehead atoms. The maximum atomic E-state index is 12.5. The Kier molecular flexibility index (Phi) is 3.45. The number of hydrogen-bond acceptors (Lipinski definition) is 3. The standard InChI is InChI=1S/C13H20N4O3/c1-13(2,3)7-17-9(11(18)19)6-16(12(17)20)10-5-14-8-15(10)4/h5,8-9H,6-7H2,1-4H3,(H,18,19)/t9-/m0/s1. The quantitative estimate of drug-likeness (QED) is 0.901. The molecule has 0 spiro atoms. The highest BCUT2D eigenvalue weighted by atomic mass is 16.4. The van der Waals surface area contributed by atoms with Gasteiger partial charge in [-0.15, -0.1) is 0 Å². The van der Waals surface area contributed by atoms with Crippen molar-refractivity contribution >= 4 is 17.8 Å². The van der Waals surface area contributed by atoms with Crippen LogP contribution in [0.3, 0.4) is 0 Å². The van der Waals surface area contributed by atoms with Gasteiger partial charge in [0.2, 0.25) is 0 Å². The molecule has 7 nitrogen and oxygen atoms in total. The molecule has 0 radical (unpaired) electrons. The van der Waals surface area contributed by atoms with Gasteiger partial charge in [-0.25, -0.2) is 14.6 Å². The average molecular weight is 280 g/mol. The second-order valence-corrected chi connectivity index (χ2v) is 6.30. The van der Waals surface area contributed by atoms with E-state index < -0.39 is 12.0 Å². The number of imidazole rings is 1. The SMILES string of the molecule is Cn1cncc1N1C[C@@H](C(=O)O)N(CC(C)(C)C)C1=O. The van der Waals surface area contributed by atoms with Crippen LogP contribution in [-0.2, 0) is 11.8 Å². The maximum Gasteiger partial charge on any atom is 0.328 e. The molecule has 2 heterocycles. The van der Waals surface area contributed by atoms with Crippen LogP contribution in [0.25, 0.3) is 0 Å². The van der Waals surface area contributed by atoms with Gasteiger partial charge in [-0.2, -0.15) is 0 Å². The number of carboxylic acids is 1. The molecular formula is C13H20N4O3. The molecule has 1 aliphatic rings. The summed E-state index contributed by atoms with van der Waals surface area (Å²) in [5.41, 5.74) is -0.161. The number of amides is 2. The molecule has 0 saturated carbocycles. The lowest BCUT2D eigenvalue weighted by atomic mass is 9.95. The highest BCUT2D eigenvalue weighted by Crippen LogP contribution is 2.27. The number of urea groups is 1. The topological polar surface area (TPSA) is 78.7 Å². The van der Waals surface area contributed by atoms with E-state index in [1.54, 1.807) is 24.1 Å². The predicted molar refractivity (Wildman–Crippen MR) is 73.5 cm³/mol. The van der Waals surface area contributed by atoms with Crippen molar-refractivity contribution in [1.82, 2.24) is 14.5 Å². The molecule has 110 valence electrons. The van der Waals surface area contributed by atoms with Gasteiger partial charge in [0.1, 0.15) is 11.9 Å². The summed E-state index contributed by atoms with van der Waals surface area (Å²) in [6.07, 6.45) is 3.15. The number of anilines is 1. The Hall–Kier alpha value is -2.05. The van der Waals surface area contributed by atoms with Crippen molar-refractivity contribution in [2.45, 2.75) is 26.8 Å². The van der Waals surface area contributed by atoms with Gasteiger partial charge in [0.25, 0.3) is 0 Å². The monoisotopic (exact) mass is 280 g/mol. The Labute approximate surface area is 117 Å². The van der Waals surface area contributed by atoms with E-state index in [0.717, 1.165) is 0 Å². The first-order valence-electron chi connectivity index (χ1n) is 6.48. The fourth-order valence-corrected chi connectivity index (χ4v) is 2.34. The van der Waals surface area contributed by atoms with Gasteiger partial charge < -0.3 is 14.6 Å². The number of carbonyl (C=O) groups is 2. The first-order chi connectivity index (χ1) is 9.20. The molecule has 1 aromatic rings. The third-order valence-corrected chi connectivity index (χ3v) is 3.21. The Morgan fingerprint density at radius 1 is 1.50 bits per heavy atom. The van der Waals surface area contributed by atoms with Gasteiger partial charge in [-0.3, -0.25) is 4.90 Å². The molecular weight excluding hydrogens is 260 g/mol. The van der Waals surface area contributed by atoms with Crippen molar-refractivity contribution in [3.63, 3.8) is 0 Å². The number of nitrogens with zero attached hydrogens (tertiary/aromatic N) is 4. The molecule has 2 rings (SSSR count). The van der Waals surface area contributed by atoms with E-state index in [1.165, 1.54) is 9.80 Å². The normalized spacial score (nSPS) is 19.8. The van der Waals surface area contributed by atoms with Crippen molar-refractivity contribution in [3.8, 4) is 0 Å². The third kappa shape index (κ3) is 2.61. The average Bonchev–Trinajstić information content (AvgIpc) is 2.83. The van der Waals surface area contributed by atoms with Gasteiger partial charge in [0.05, 0.1) is 19.1 Å². The van der Waals surface area contributed by atoms with E-state index in [1.807, 2.05) is 20.8 Å².